The van der Waals surface area contributed by atoms with Crippen molar-refractivity contribution in [1.29, 1.82) is 0 Å². The Labute approximate surface area is 105 Å². The number of rotatable bonds is 4. The van der Waals surface area contributed by atoms with Crippen molar-refractivity contribution in [2.45, 2.75) is 19.5 Å². The van der Waals surface area contributed by atoms with Gasteiger partial charge in [0, 0.05) is 30.4 Å². The zero-order valence-electron chi connectivity index (χ0n) is 10.1. The van der Waals surface area contributed by atoms with Crippen molar-refractivity contribution in [3.05, 3.63) is 59.7 Å². The molecule has 18 heavy (non-hydrogen) atoms. The fourth-order valence-corrected chi connectivity index (χ4v) is 1.74. The summed E-state index contributed by atoms with van der Waals surface area (Å²) in [7, 11) is 0. The molecule has 0 bridgehead atoms. The van der Waals surface area contributed by atoms with E-state index in [4.69, 9.17) is 5.11 Å². The normalized spacial score (nSPS) is 12.3. The molecule has 1 aromatic carbocycles. The molecule has 0 spiro atoms. The number of nitrogens with zero attached hydrogens (tertiary/aromatic N) is 1. The molecule has 0 fully saturated rings. The Kier molecular flexibility index (Phi) is 3.89. The number of phenols is 1. The molecule has 94 valence electrons. The third-order valence-electron chi connectivity index (χ3n) is 2.77. The van der Waals surface area contributed by atoms with Crippen LogP contribution in [0, 0.1) is 5.82 Å². The standard InChI is InChI=1S/C14H15FN2O/c1-10(13-6-5-12(18)8-14(13)15)17-9-11-4-2-3-7-16-11/h2-8,10,17-18H,9H2,1H3. The number of halogens is 1. The van der Waals surface area contributed by atoms with Crippen LogP contribution in [-0.2, 0) is 6.54 Å². The first-order valence-corrected chi connectivity index (χ1v) is 5.78. The molecule has 2 aromatic rings. The molecule has 0 aliphatic rings. The number of hydrogen-bond donors (Lipinski definition) is 2. The van der Waals surface area contributed by atoms with Crippen LogP contribution >= 0.6 is 0 Å². The highest BCUT2D eigenvalue weighted by atomic mass is 19.1. The van der Waals surface area contributed by atoms with Crippen molar-refractivity contribution in [2.24, 2.45) is 0 Å². The first-order valence-electron chi connectivity index (χ1n) is 5.78. The number of pyridine rings is 1. The largest absolute Gasteiger partial charge is 0.508 e. The van der Waals surface area contributed by atoms with E-state index in [2.05, 4.69) is 10.3 Å². The van der Waals surface area contributed by atoms with Crippen molar-refractivity contribution < 1.29 is 9.50 Å². The van der Waals surface area contributed by atoms with Gasteiger partial charge in [-0.15, -0.1) is 0 Å². The molecular weight excluding hydrogens is 231 g/mol. The molecule has 1 heterocycles. The molecule has 0 radical (unpaired) electrons. The van der Waals surface area contributed by atoms with Gasteiger partial charge in [-0.1, -0.05) is 12.1 Å². The van der Waals surface area contributed by atoms with E-state index < -0.39 is 5.82 Å². The summed E-state index contributed by atoms with van der Waals surface area (Å²) in [6.45, 7) is 2.45. The minimum atomic E-state index is -0.406. The fraction of sp³-hybridized carbons (Fsp3) is 0.214. The van der Waals surface area contributed by atoms with Gasteiger partial charge in [0.15, 0.2) is 0 Å². The number of aromatic nitrogens is 1. The van der Waals surface area contributed by atoms with Crippen LogP contribution in [0.4, 0.5) is 4.39 Å². The second-order valence-electron chi connectivity index (χ2n) is 4.13. The van der Waals surface area contributed by atoms with Gasteiger partial charge in [0.1, 0.15) is 11.6 Å². The lowest BCUT2D eigenvalue weighted by Gasteiger charge is -2.14. The average Bonchev–Trinajstić information content (AvgIpc) is 2.37. The summed E-state index contributed by atoms with van der Waals surface area (Å²) >= 11 is 0. The lowest BCUT2D eigenvalue weighted by molar-refractivity contribution is 0.463. The van der Waals surface area contributed by atoms with E-state index in [0.717, 1.165) is 11.8 Å². The number of benzene rings is 1. The second kappa shape index (κ2) is 5.60. The number of aromatic hydroxyl groups is 1. The minimum absolute atomic E-state index is 0.0619. The first kappa shape index (κ1) is 12.5. The van der Waals surface area contributed by atoms with E-state index in [1.807, 2.05) is 25.1 Å². The molecule has 0 saturated heterocycles. The van der Waals surface area contributed by atoms with Crippen molar-refractivity contribution in [1.82, 2.24) is 10.3 Å². The van der Waals surface area contributed by atoms with Gasteiger partial charge in [-0.25, -0.2) is 4.39 Å². The highest BCUT2D eigenvalue weighted by Crippen LogP contribution is 2.21. The Bertz CT molecular complexity index is 516. The van der Waals surface area contributed by atoms with E-state index in [1.54, 1.807) is 12.3 Å². The maximum atomic E-state index is 13.6. The van der Waals surface area contributed by atoms with E-state index in [1.165, 1.54) is 6.07 Å². The summed E-state index contributed by atoms with van der Waals surface area (Å²) in [5.74, 6) is -0.468. The Balaban J connectivity index is 2.01. The smallest absolute Gasteiger partial charge is 0.131 e. The SMILES string of the molecule is CC(NCc1ccccn1)c1ccc(O)cc1F. The predicted octanol–water partition coefficient (Wildman–Crippen LogP) is 2.78. The van der Waals surface area contributed by atoms with Gasteiger partial charge in [-0.3, -0.25) is 4.98 Å². The molecule has 3 nitrogen and oxygen atoms in total. The van der Waals surface area contributed by atoms with E-state index in [9.17, 15) is 4.39 Å². The van der Waals surface area contributed by atoms with Crippen molar-refractivity contribution >= 4 is 0 Å². The fourth-order valence-electron chi connectivity index (χ4n) is 1.74. The number of hydrogen-bond acceptors (Lipinski definition) is 3. The molecule has 0 aliphatic carbocycles. The maximum absolute atomic E-state index is 13.6. The molecule has 2 N–H and O–H groups in total. The van der Waals surface area contributed by atoms with E-state index in [-0.39, 0.29) is 11.8 Å². The summed E-state index contributed by atoms with van der Waals surface area (Å²) in [6.07, 6.45) is 1.73. The summed E-state index contributed by atoms with van der Waals surface area (Å²) in [5.41, 5.74) is 1.44. The second-order valence-corrected chi connectivity index (χ2v) is 4.13. The Morgan fingerprint density at radius 2 is 2.17 bits per heavy atom. The van der Waals surface area contributed by atoms with Crippen LogP contribution < -0.4 is 5.32 Å². The zero-order chi connectivity index (χ0) is 13.0. The summed E-state index contributed by atoms with van der Waals surface area (Å²) in [4.78, 5) is 4.18. The third kappa shape index (κ3) is 3.05. The first-order chi connectivity index (χ1) is 8.66. The Morgan fingerprint density at radius 1 is 1.33 bits per heavy atom. The monoisotopic (exact) mass is 246 g/mol. The molecule has 0 aliphatic heterocycles. The van der Waals surface area contributed by atoms with Crippen LogP contribution in [0.15, 0.2) is 42.6 Å². The van der Waals surface area contributed by atoms with Crippen molar-refractivity contribution in [3.8, 4) is 5.75 Å². The number of phenolic OH excluding ortho intramolecular Hbond substituents is 1. The Hall–Kier alpha value is -1.94. The molecule has 1 atom stereocenters. The van der Waals surface area contributed by atoms with Crippen molar-refractivity contribution in [2.75, 3.05) is 0 Å². The summed E-state index contributed by atoms with van der Waals surface area (Å²) in [5, 5.41) is 12.3. The molecule has 2 rings (SSSR count). The van der Waals surface area contributed by atoms with E-state index >= 15 is 0 Å². The van der Waals surface area contributed by atoms with Crippen LogP contribution in [0.1, 0.15) is 24.2 Å². The van der Waals surface area contributed by atoms with Gasteiger partial charge in [0.05, 0.1) is 5.69 Å². The summed E-state index contributed by atoms with van der Waals surface area (Å²) < 4.78 is 13.6. The molecule has 0 saturated carbocycles. The van der Waals surface area contributed by atoms with Crippen LogP contribution in [0.3, 0.4) is 0 Å². The quantitative estimate of drug-likeness (QED) is 0.872. The molecule has 4 heteroatoms. The van der Waals surface area contributed by atoms with Crippen LogP contribution in [0.5, 0.6) is 5.75 Å². The molecule has 1 unspecified atom stereocenters. The lowest BCUT2D eigenvalue weighted by atomic mass is 10.1. The summed E-state index contributed by atoms with van der Waals surface area (Å²) in [6, 6.07) is 9.72. The van der Waals surface area contributed by atoms with Crippen LogP contribution in [-0.4, -0.2) is 10.1 Å². The van der Waals surface area contributed by atoms with Gasteiger partial charge in [-0.2, -0.15) is 0 Å². The van der Waals surface area contributed by atoms with Gasteiger partial charge < -0.3 is 10.4 Å². The van der Waals surface area contributed by atoms with Gasteiger partial charge in [0.2, 0.25) is 0 Å². The van der Waals surface area contributed by atoms with Crippen molar-refractivity contribution in [3.63, 3.8) is 0 Å². The van der Waals surface area contributed by atoms with Crippen LogP contribution in [0.2, 0.25) is 0 Å². The van der Waals surface area contributed by atoms with Gasteiger partial charge in [-0.05, 0) is 25.1 Å². The zero-order valence-corrected chi connectivity index (χ0v) is 10.1. The van der Waals surface area contributed by atoms with Gasteiger partial charge >= 0.3 is 0 Å². The average molecular weight is 246 g/mol. The maximum Gasteiger partial charge on any atom is 0.131 e. The van der Waals surface area contributed by atoms with E-state index in [0.29, 0.717) is 12.1 Å². The minimum Gasteiger partial charge on any atom is -0.508 e. The Morgan fingerprint density at radius 3 is 2.83 bits per heavy atom. The predicted molar refractivity (Wildman–Crippen MR) is 67.6 cm³/mol. The van der Waals surface area contributed by atoms with Gasteiger partial charge in [0.25, 0.3) is 0 Å². The lowest BCUT2D eigenvalue weighted by Crippen LogP contribution is -2.19. The molecule has 0 amide bonds. The molecular formula is C14H15FN2O. The van der Waals surface area contributed by atoms with Crippen LogP contribution in [0.25, 0.3) is 0 Å². The number of nitrogens with one attached hydrogen (secondary N) is 1. The molecule has 1 aromatic heterocycles. The highest BCUT2D eigenvalue weighted by molar-refractivity contribution is 5.29. The topological polar surface area (TPSA) is 45.2 Å². The third-order valence-corrected chi connectivity index (χ3v) is 2.77. The highest BCUT2D eigenvalue weighted by Gasteiger charge is 2.11.